The van der Waals surface area contributed by atoms with Crippen LogP contribution in [0.4, 0.5) is 5.69 Å². The predicted octanol–water partition coefficient (Wildman–Crippen LogP) is 2.81. The SMILES string of the molecule is CC(C)n1c(CCCNC(=O)C[C@H]2NC(=O)c3ccccc3NC2=O)nc2ccccc21. The van der Waals surface area contributed by atoms with E-state index < -0.39 is 11.9 Å². The van der Waals surface area contributed by atoms with Crippen LogP contribution in [0.15, 0.2) is 48.5 Å². The highest BCUT2D eigenvalue weighted by Crippen LogP contribution is 2.22. The Bertz CT molecular complexity index is 1170. The molecule has 1 aliphatic rings. The highest BCUT2D eigenvalue weighted by atomic mass is 16.2. The number of benzene rings is 2. The van der Waals surface area contributed by atoms with E-state index in [9.17, 15) is 14.4 Å². The summed E-state index contributed by atoms with van der Waals surface area (Å²) in [5.74, 6) is -0.0640. The number of imidazole rings is 1. The van der Waals surface area contributed by atoms with Gasteiger partial charge in [0.1, 0.15) is 11.9 Å². The third-order valence-corrected chi connectivity index (χ3v) is 5.53. The summed E-state index contributed by atoms with van der Waals surface area (Å²) in [5, 5.41) is 8.21. The van der Waals surface area contributed by atoms with Crippen molar-refractivity contribution in [3.8, 4) is 0 Å². The summed E-state index contributed by atoms with van der Waals surface area (Å²) in [6, 6.07) is 14.2. The molecule has 0 unspecified atom stereocenters. The molecule has 2 aromatic carbocycles. The van der Waals surface area contributed by atoms with Gasteiger partial charge in [-0.25, -0.2) is 4.98 Å². The van der Waals surface area contributed by atoms with Crippen molar-refractivity contribution in [3.63, 3.8) is 0 Å². The fourth-order valence-corrected chi connectivity index (χ4v) is 4.03. The van der Waals surface area contributed by atoms with E-state index in [0.717, 1.165) is 29.7 Å². The van der Waals surface area contributed by atoms with Crippen LogP contribution >= 0.6 is 0 Å². The quantitative estimate of drug-likeness (QED) is 0.498. The molecule has 0 fully saturated rings. The Kier molecular flexibility index (Phi) is 6.20. The number of aryl methyl sites for hydroxylation is 1. The van der Waals surface area contributed by atoms with Crippen molar-refractivity contribution in [2.45, 2.75) is 45.2 Å². The maximum atomic E-state index is 12.4. The number of hydrogen-bond donors (Lipinski definition) is 3. The molecule has 0 aliphatic carbocycles. The minimum absolute atomic E-state index is 0.115. The van der Waals surface area contributed by atoms with E-state index in [0.29, 0.717) is 17.8 Å². The molecule has 1 atom stereocenters. The predicted molar refractivity (Wildman–Crippen MR) is 122 cm³/mol. The molecule has 2 heterocycles. The topological polar surface area (TPSA) is 105 Å². The Morgan fingerprint density at radius 1 is 1.12 bits per heavy atom. The Labute approximate surface area is 186 Å². The summed E-state index contributed by atoms with van der Waals surface area (Å²) in [4.78, 5) is 42.0. The third-order valence-electron chi connectivity index (χ3n) is 5.53. The lowest BCUT2D eigenvalue weighted by Gasteiger charge is -2.15. The molecule has 0 radical (unpaired) electrons. The maximum absolute atomic E-state index is 12.4. The van der Waals surface area contributed by atoms with Gasteiger partial charge in [0.2, 0.25) is 11.8 Å². The number of rotatable bonds is 7. The fourth-order valence-electron chi connectivity index (χ4n) is 4.03. The first-order chi connectivity index (χ1) is 15.4. The molecule has 0 bridgehead atoms. The highest BCUT2D eigenvalue weighted by molar-refractivity contribution is 6.10. The average molecular weight is 434 g/mol. The standard InChI is InChI=1S/C24H27N5O3/c1-15(2)29-20-11-6-5-10-18(20)26-21(29)12-7-13-25-22(30)14-19-24(32)27-17-9-4-3-8-16(17)23(31)28-19/h3-6,8-11,15,19H,7,12-14H2,1-2H3,(H,25,30)(H,27,32)(H,28,31)/t19-/m1/s1. The van der Waals surface area contributed by atoms with Crippen LogP contribution in [0.25, 0.3) is 11.0 Å². The lowest BCUT2D eigenvalue weighted by Crippen LogP contribution is -2.44. The Morgan fingerprint density at radius 2 is 1.88 bits per heavy atom. The van der Waals surface area contributed by atoms with Crippen molar-refractivity contribution in [3.05, 3.63) is 59.9 Å². The van der Waals surface area contributed by atoms with Gasteiger partial charge in [0.25, 0.3) is 5.91 Å². The van der Waals surface area contributed by atoms with Crippen molar-refractivity contribution in [1.82, 2.24) is 20.2 Å². The average Bonchev–Trinajstić information content (AvgIpc) is 3.09. The summed E-state index contributed by atoms with van der Waals surface area (Å²) in [7, 11) is 0. The molecule has 0 saturated carbocycles. The third kappa shape index (κ3) is 4.49. The summed E-state index contributed by atoms with van der Waals surface area (Å²) < 4.78 is 2.22. The number of nitrogens with zero attached hydrogens (tertiary/aromatic N) is 2. The van der Waals surface area contributed by atoms with E-state index in [1.54, 1.807) is 24.3 Å². The number of nitrogens with one attached hydrogen (secondary N) is 3. The summed E-state index contributed by atoms with van der Waals surface area (Å²) >= 11 is 0. The van der Waals surface area contributed by atoms with Crippen LogP contribution in [0.3, 0.4) is 0 Å². The van der Waals surface area contributed by atoms with Gasteiger partial charge in [0.05, 0.1) is 28.7 Å². The van der Waals surface area contributed by atoms with Gasteiger partial charge < -0.3 is 20.5 Å². The van der Waals surface area contributed by atoms with Gasteiger partial charge >= 0.3 is 0 Å². The minimum atomic E-state index is -0.917. The highest BCUT2D eigenvalue weighted by Gasteiger charge is 2.29. The molecule has 8 nitrogen and oxygen atoms in total. The second kappa shape index (κ2) is 9.21. The molecule has 32 heavy (non-hydrogen) atoms. The number of aromatic nitrogens is 2. The van der Waals surface area contributed by atoms with Crippen molar-refractivity contribution in [1.29, 1.82) is 0 Å². The van der Waals surface area contributed by atoms with Gasteiger partial charge in [-0.15, -0.1) is 0 Å². The number of fused-ring (bicyclic) bond motifs is 2. The van der Waals surface area contributed by atoms with Crippen LogP contribution < -0.4 is 16.0 Å². The smallest absolute Gasteiger partial charge is 0.254 e. The van der Waals surface area contributed by atoms with Gasteiger partial charge in [0.15, 0.2) is 0 Å². The van der Waals surface area contributed by atoms with Gasteiger partial charge in [-0.3, -0.25) is 14.4 Å². The zero-order valence-electron chi connectivity index (χ0n) is 18.2. The van der Waals surface area contributed by atoms with Crippen LogP contribution in [0.2, 0.25) is 0 Å². The Hall–Kier alpha value is -3.68. The Morgan fingerprint density at radius 3 is 2.69 bits per heavy atom. The molecule has 166 valence electrons. The molecule has 0 spiro atoms. The van der Waals surface area contributed by atoms with Crippen molar-refractivity contribution < 1.29 is 14.4 Å². The van der Waals surface area contributed by atoms with Crippen LogP contribution in [-0.4, -0.2) is 39.9 Å². The molecule has 4 rings (SSSR count). The second-order valence-corrected chi connectivity index (χ2v) is 8.20. The van der Waals surface area contributed by atoms with Crippen LogP contribution in [0.1, 0.15) is 48.9 Å². The molecule has 1 aromatic heterocycles. The molecule has 3 amide bonds. The van der Waals surface area contributed by atoms with Gasteiger partial charge in [0, 0.05) is 19.0 Å². The van der Waals surface area contributed by atoms with E-state index in [4.69, 9.17) is 4.98 Å². The number of anilines is 1. The number of carbonyl (C=O) groups excluding carboxylic acids is 3. The van der Waals surface area contributed by atoms with Crippen LogP contribution in [-0.2, 0) is 16.0 Å². The number of amides is 3. The van der Waals surface area contributed by atoms with E-state index in [2.05, 4.69) is 40.4 Å². The van der Waals surface area contributed by atoms with E-state index in [1.807, 2.05) is 18.2 Å². The molecule has 8 heteroatoms. The maximum Gasteiger partial charge on any atom is 0.254 e. The van der Waals surface area contributed by atoms with Crippen molar-refractivity contribution >= 4 is 34.4 Å². The molecule has 3 N–H and O–H groups in total. The van der Waals surface area contributed by atoms with Crippen molar-refractivity contribution in [2.75, 3.05) is 11.9 Å². The lowest BCUT2D eigenvalue weighted by atomic mass is 10.1. The van der Waals surface area contributed by atoms with Gasteiger partial charge in [-0.1, -0.05) is 24.3 Å². The summed E-state index contributed by atoms with van der Waals surface area (Å²) in [6.07, 6.45) is 1.33. The molecule has 1 aliphatic heterocycles. The zero-order chi connectivity index (χ0) is 22.7. The van der Waals surface area contributed by atoms with Crippen molar-refractivity contribution in [2.24, 2.45) is 0 Å². The molecule has 3 aromatic rings. The van der Waals surface area contributed by atoms with E-state index in [-0.39, 0.29) is 24.3 Å². The van der Waals surface area contributed by atoms with E-state index in [1.165, 1.54) is 0 Å². The first kappa shape index (κ1) is 21.5. The number of carbonyl (C=O) groups is 3. The first-order valence-electron chi connectivity index (χ1n) is 10.9. The summed E-state index contributed by atoms with van der Waals surface area (Å²) in [5.41, 5.74) is 2.91. The van der Waals surface area contributed by atoms with Crippen LogP contribution in [0.5, 0.6) is 0 Å². The molecular weight excluding hydrogens is 406 g/mol. The number of hydrogen-bond acceptors (Lipinski definition) is 4. The van der Waals surface area contributed by atoms with Crippen LogP contribution in [0, 0.1) is 0 Å². The second-order valence-electron chi connectivity index (χ2n) is 8.20. The monoisotopic (exact) mass is 433 g/mol. The fraction of sp³-hybridized carbons (Fsp3) is 0.333. The van der Waals surface area contributed by atoms with Gasteiger partial charge in [-0.2, -0.15) is 0 Å². The minimum Gasteiger partial charge on any atom is -0.356 e. The lowest BCUT2D eigenvalue weighted by molar-refractivity contribution is -0.125. The Balaban J connectivity index is 1.31. The summed E-state index contributed by atoms with van der Waals surface area (Å²) in [6.45, 7) is 4.72. The molecular formula is C24H27N5O3. The number of para-hydroxylation sites is 3. The van der Waals surface area contributed by atoms with E-state index >= 15 is 0 Å². The van der Waals surface area contributed by atoms with Gasteiger partial charge in [-0.05, 0) is 44.5 Å². The molecule has 0 saturated heterocycles. The largest absolute Gasteiger partial charge is 0.356 e. The normalized spacial score (nSPS) is 15.8. The first-order valence-corrected chi connectivity index (χ1v) is 10.9. The zero-order valence-corrected chi connectivity index (χ0v) is 18.2.